The van der Waals surface area contributed by atoms with Gasteiger partial charge in [-0.3, -0.25) is 9.36 Å². The van der Waals surface area contributed by atoms with Crippen molar-refractivity contribution in [1.82, 2.24) is 19.6 Å². The minimum Gasteiger partial charge on any atom is -0.267 e. The molecule has 0 aliphatic rings. The molecule has 2 heterocycles. The van der Waals surface area contributed by atoms with Crippen molar-refractivity contribution >= 4 is 0 Å². The fourth-order valence-corrected chi connectivity index (χ4v) is 1.68. The molecule has 0 saturated carbocycles. The standard InChI is InChI=1S/C14H22N4/c1-13(2,3)17-9-11(7-15-17)12-8-16-18(10-12)14(4,5)6/h7-10H,1-6H3. The number of hydrogen-bond donors (Lipinski definition) is 0. The second-order valence-corrected chi connectivity index (χ2v) is 6.69. The van der Waals surface area contributed by atoms with E-state index in [1.807, 2.05) is 21.8 Å². The lowest BCUT2D eigenvalue weighted by Gasteiger charge is -2.19. The lowest BCUT2D eigenvalue weighted by atomic mass is 10.1. The van der Waals surface area contributed by atoms with E-state index >= 15 is 0 Å². The maximum absolute atomic E-state index is 4.41. The molecule has 2 rings (SSSR count). The molecule has 0 radical (unpaired) electrons. The summed E-state index contributed by atoms with van der Waals surface area (Å²) in [5.41, 5.74) is 2.25. The van der Waals surface area contributed by atoms with E-state index in [4.69, 9.17) is 0 Å². The van der Waals surface area contributed by atoms with Gasteiger partial charge in [-0.2, -0.15) is 10.2 Å². The summed E-state index contributed by atoms with van der Waals surface area (Å²) in [5, 5.41) is 8.83. The minimum absolute atomic E-state index is 0.0122. The Kier molecular flexibility index (Phi) is 2.84. The van der Waals surface area contributed by atoms with Crippen LogP contribution in [0.1, 0.15) is 41.5 Å². The van der Waals surface area contributed by atoms with E-state index in [0.29, 0.717) is 0 Å². The third-order valence-electron chi connectivity index (χ3n) is 2.87. The van der Waals surface area contributed by atoms with Crippen molar-refractivity contribution in [2.45, 2.75) is 52.6 Å². The number of hydrogen-bond acceptors (Lipinski definition) is 2. The average molecular weight is 246 g/mol. The van der Waals surface area contributed by atoms with Crippen LogP contribution in [0.5, 0.6) is 0 Å². The van der Waals surface area contributed by atoms with Gasteiger partial charge >= 0.3 is 0 Å². The van der Waals surface area contributed by atoms with Crippen LogP contribution in [0, 0.1) is 0 Å². The third-order valence-corrected chi connectivity index (χ3v) is 2.87. The SMILES string of the molecule is CC(C)(C)n1cc(-c2cnn(C(C)(C)C)c2)cn1. The summed E-state index contributed by atoms with van der Waals surface area (Å²) in [6.45, 7) is 12.8. The van der Waals surface area contributed by atoms with E-state index in [1.165, 1.54) is 0 Å². The van der Waals surface area contributed by atoms with Crippen LogP contribution in [0.4, 0.5) is 0 Å². The molecule has 0 saturated heterocycles. The first-order valence-corrected chi connectivity index (χ1v) is 6.28. The van der Waals surface area contributed by atoms with Crippen LogP contribution in [0.15, 0.2) is 24.8 Å². The van der Waals surface area contributed by atoms with Crippen molar-refractivity contribution in [3.05, 3.63) is 24.8 Å². The second kappa shape index (κ2) is 3.97. The van der Waals surface area contributed by atoms with E-state index in [1.54, 1.807) is 0 Å². The molecule has 0 aromatic carbocycles. The summed E-state index contributed by atoms with van der Waals surface area (Å²) in [4.78, 5) is 0. The van der Waals surface area contributed by atoms with Crippen molar-refractivity contribution in [2.24, 2.45) is 0 Å². The molecule has 2 aromatic heterocycles. The largest absolute Gasteiger partial charge is 0.267 e. The van der Waals surface area contributed by atoms with Gasteiger partial charge in [0.1, 0.15) is 0 Å². The van der Waals surface area contributed by atoms with Crippen LogP contribution in [-0.4, -0.2) is 19.6 Å². The zero-order valence-electron chi connectivity index (χ0n) is 12.1. The highest BCUT2D eigenvalue weighted by atomic mass is 15.3. The summed E-state index contributed by atoms with van der Waals surface area (Å²) in [6.07, 6.45) is 7.94. The second-order valence-electron chi connectivity index (χ2n) is 6.69. The van der Waals surface area contributed by atoms with E-state index in [9.17, 15) is 0 Å². The molecule has 0 atom stereocenters. The summed E-state index contributed by atoms with van der Waals surface area (Å²) in [6, 6.07) is 0. The monoisotopic (exact) mass is 246 g/mol. The Bertz CT molecular complexity index is 484. The number of rotatable bonds is 1. The van der Waals surface area contributed by atoms with E-state index in [2.05, 4.69) is 64.1 Å². The number of nitrogens with zero attached hydrogens (tertiary/aromatic N) is 4. The van der Waals surface area contributed by atoms with E-state index in [-0.39, 0.29) is 11.1 Å². The molecular weight excluding hydrogens is 224 g/mol. The summed E-state index contributed by atoms with van der Waals surface area (Å²) >= 11 is 0. The molecular formula is C14H22N4. The first-order chi connectivity index (χ1) is 8.18. The molecule has 0 spiro atoms. The highest BCUT2D eigenvalue weighted by Gasteiger charge is 2.17. The van der Waals surface area contributed by atoms with Gasteiger partial charge in [0, 0.05) is 23.5 Å². The van der Waals surface area contributed by atoms with E-state index < -0.39 is 0 Å². The first-order valence-electron chi connectivity index (χ1n) is 6.28. The topological polar surface area (TPSA) is 35.6 Å². The molecule has 4 nitrogen and oxygen atoms in total. The smallest absolute Gasteiger partial charge is 0.0569 e. The third kappa shape index (κ3) is 2.47. The molecule has 98 valence electrons. The fraction of sp³-hybridized carbons (Fsp3) is 0.571. The van der Waals surface area contributed by atoms with Gasteiger partial charge in [-0.15, -0.1) is 0 Å². The van der Waals surface area contributed by atoms with Gasteiger partial charge in [0.15, 0.2) is 0 Å². The molecule has 2 aromatic rings. The van der Waals surface area contributed by atoms with Gasteiger partial charge in [-0.05, 0) is 41.5 Å². The van der Waals surface area contributed by atoms with Crippen LogP contribution in [0.2, 0.25) is 0 Å². The van der Waals surface area contributed by atoms with Crippen LogP contribution < -0.4 is 0 Å². The van der Waals surface area contributed by atoms with Gasteiger partial charge in [0.2, 0.25) is 0 Å². The summed E-state index contributed by atoms with van der Waals surface area (Å²) in [5.74, 6) is 0. The first kappa shape index (κ1) is 12.9. The Balaban J connectivity index is 2.33. The molecule has 0 bridgehead atoms. The number of aromatic nitrogens is 4. The Morgan fingerprint density at radius 1 is 0.722 bits per heavy atom. The van der Waals surface area contributed by atoms with Gasteiger partial charge in [-0.25, -0.2) is 0 Å². The van der Waals surface area contributed by atoms with Crippen molar-refractivity contribution in [3.63, 3.8) is 0 Å². The lowest BCUT2D eigenvalue weighted by Crippen LogP contribution is -2.22. The van der Waals surface area contributed by atoms with Gasteiger partial charge in [-0.1, -0.05) is 0 Å². The average Bonchev–Trinajstić information content (AvgIpc) is 2.84. The zero-order valence-corrected chi connectivity index (χ0v) is 12.1. The van der Waals surface area contributed by atoms with Crippen LogP contribution in [0.3, 0.4) is 0 Å². The predicted molar refractivity (Wildman–Crippen MR) is 73.4 cm³/mol. The van der Waals surface area contributed by atoms with Gasteiger partial charge in [0.05, 0.1) is 23.5 Å². The van der Waals surface area contributed by atoms with Crippen molar-refractivity contribution in [2.75, 3.05) is 0 Å². The molecule has 0 aliphatic carbocycles. The molecule has 0 amide bonds. The Hall–Kier alpha value is -1.58. The van der Waals surface area contributed by atoms with Crippen molar-refractivity contribution < 1.29 is 0 Å². The Morgan fingerprint density at radius 2 is 1.06 bits per heavy atom. The molecule has 0 unspecified atom stereocenters. The quantitative estimate of drug-likeness (QED) is 0.774. The lowest BCUT2D eigenvalue weighted by molar-refractivity contribution is 0.355. The van der Waals surface area contributed by atoms with Crippen LogP contribution in [-0.2, 0) is 11.1 Å². The normalized spacial score (nSPS) is 13.0. The maximum atomic E-state index is 4.41. The van der Waals surface area contributed by atoms with Crippen molar-refractivity contribution in [3.8, 4) is 11.1 Å². The molecule has 0 fully saturated rings. The minimum atomic E-state index is 0.0122. The Morgan fingerprint density at radius 3 is 1.28 bits per heavy atom. The van der Waals surface area contributed by atoms with Gasteiger partial charge < -0.3 is 0 Å². The maximum Gasteiger partial charge on any atom is 0.0569 e. The predicted octanol–water partition coefficient (Wildman–Crippen LogP) is 3.26. The highest BCUT2D eigenvalue weighted by Crippen LogP contribution is 2.23. The van der Waals surface area contributed by atoms with Crippen LogP contribution >= 0.6 is 0 Å². The van der Waals surface area contributed by atoms with Gasteiger partial charge in [0.25, 0.3) is 0 Å². The molecule has 4 heteroatoms. The highest BCUT2D eigenvalue weighted by molar-refractivity contribution is 5.59. The fourth-order valence-electron chi connectivity index (χ4n) is 1.68. The molecule has 0 N–H and O–H groups in total. The molecule has 0 aliphatic heterocycles. The summed E-state index contributed by atoms with van der Waals surface area (Å²) < 4.78 is 3.97. The van der Waals surface area contributed by atoms with Crippen molar-refractivity contribution in [1.29, 1.82) is 0 Å². The zero-order chi connectivity index (χ0) is 13.6. The molecule has 18 heavy (non-hydrogen) atoms. The van der Waals surface area contributed by atoms with E-state index in [0.717, 1.165) is 11.1 Å². The summed E-state index contributed by atoms with van der Waals surface area (Å²) in [7, 11) is 0. The Labute approximate surface area is 109 Å². The van der Waals surface area contributed by atoms with Crippen LogP contribution in [0.25, 0.3) is 11.1 Å².